The van der Waals surface area contributed by atoms with E-state index in [1.165, 1.54) is 0 Å². The van der Waals surface area contributed by atoms with Crippen molar-refractivity contribution < 1.29 is 8.42 Å². The monoisotopic (exact) mass is 223 g/mol. The lowest BCUT2D eigenvalue weighted by Gasteiger charge is -2.19. The van der Waals surface area contributed by atoms with Crippen LogP contribution in [0.15, 0.2) is 34.1 Å². The number of nitrogens with two attached hydrogens (primary N) is 1. The molecule has 0 amide bonds. The second-order valence-corrected chi connectivity index (χ2v) is 6.16. The van der Waals surface area contributed by atoms with Gasteiger partial charge in [-0.25, -0.2) is 8.42 Å². The molecule has 4 heteroatoms. The van der Waals surface area contributed by atoms with Gasteiger partial charge in [0.05, 0.1) is 9.80 Å². The summed E-state index contributed by atoms with van der Waals surface area (Å²) in [6.07, 6.45) is 1.66. The summed E-state index contributed by atoms with van der Waals surface area (Å²) in [5.41, 5.74) is 5.74. The van der Waals surface area contributed by atoms with Gasteiger partial charge < -0.3 is 5.73 Å². The maximum atomic E-state index is 12.1. The Morgan fingerprint density at radius 3 is 2.33 bits per heavy atom. The molecule has 15 heavy (non-hydrogen) atoms. The molecule has 3 nitrogen and oxygen atoms in total. The standard InChI is InChI=1S/C11H13NO2S/c1-11(2,12)10-7-8-5-3-4-6-9(8)15(10,13)14/h3-7H,12H2,1-2H3. The van der Waals surface area contributed by atoms with Crippen LogP contribution < -0.4 is 5.73 Å². The van der Waals surface area contributed by atoms with Gasteiger partial charge in [-0.3, -0.25) is 0 Å². The van der Waals surface area contributed by atoms with E-state index in [9.17, 15) is 8.42 Å². The zero-order valence-electron chi connectivity index (χ0n) is 8.69. The van der Waals surface area contributed by atoms with Gasteiger partial charge in [-0.15, -0.1) is 0 Å². The molecule has 1 heterocycles. The molecule has 1 aliphatic heterocycles. The third-order valence-electron chi connectivity index (χ3n) is 2.42. The number of sulfone groups is 1. The lowest BCUT2D eigenvalue weighted by molar-refractivity contribution is 0.582. The average molecular weight is 223 g/mol. The van der Waals surface area contributed by atoms with Gasteiger partial charge in [0.15, 0.2) is 0 Å². The van der Waals surface area contributed by atoms with E-state index >= 15 is 0 Å². The predicted octanol–water partition coefficient (Wildman–Crippen LogP) is 1.55. The third-order valence-corrected chi connectivity index (χ3v) is 4.59. The van der Waals surface area contributed by atoms with Crippen molar-refractivity contribution in [2.75, 3.05) is 0 Å². The summed E-state index contributed by atoms with van der Waals surface area (Å²) in [6, 6.07) is 6.93. The van der Waals surface area contributed by atoms with Gasteiger partial charge in [0, 0.05) is 5.54 Å². The summed E-state index contributed by atoms with van der Waals surface area (Å²) in [5.74, 6) is 0. The Bertz CT molecular complexity index is 536. The Morgan fingerprint density at radius 1 is 1.20 bits per heavy atom. The fourth-order valence-electron chi connectivity index (χ4n) is 1.71. The molecule has 1 aromatic carbocycles. The van der Waals surface area contributed by atoms with E-state index in [1.807, 2.05) is 6.07 Å². The van der Waals surface area contributed by atoms with Crippen molar-refractivity contribution in [2.24, 2.45) is 5.73 Å². The zero-order chi connectivity index (χ0) is 11.3. The average Bonchev–Trinajstić information content (AvgIpc) is 2.39. The molecular weight excluding hydrogens is 210 g/mol. The van der Waals surface area contributed by atoms with E-state index < -0.39 is 15.4 Å². The van der Waals surface area contributed by atoms with Crippen LogP contribution in [0.25, 0.3) is 6.08 Å². The van der Waals surface area contributed by atoms with E-state index in [4.69, 9.17) is 5.73 Å². The SMILES string of the molecule is CC(C)(N)C1=Cc2ccccc2S1(=O)=O. The molecule has 0 aromatic heterocycles. The number of hydrogen-bond acceptors (Lipinski definition) is 3. The maximum absolute atomic E-state index is 12.1. The van der Waals surface area contributed by atoms with Crippen LogP contribution in [-0.2, 0) is 9.84 Å². The summed E-state index contributed by atoms with van der Waals surface area (Å²) in [5, 5.41) is 0. The highest BCUT2D eigenvalue weighted by atomic mass is 32.2. The van der Waals surface area contributed by atoms with Crippen LogP contribution in [0.1, 0.15) is 19.4 Å². The molecule has 0 radical (unpaired) electrons. The number of hydrogen-bond donors (Lipinski definition) is 1. The van der Waals surface area contributed by atoms with Crippen molar-refractivity contribution in [3.8, 4) is 0 Å². The summed E-state index contributed by atoms with van der Waals surface area (Å²) in [7, 11) is -3.37. The van der Waals surface area contributed by atoms with Crippen LogP contribution >= 0.6 is 0 Å². The number of benzene rings is 1. The lowest BCUT2D eigenvalue weighted by Crippen LogP contribution is -2.36. The Balaban J connectivity index is 2.70. The summed E-state index contributed by atoms with van der Waals surface area (Å²) >= 11 is 0. The van der Waals surface area contributed by atoms with Crippen LogP contribution in [0.5, 0.6) is 0 Å². The first-order chi connectivity index (χ1) is 6.83. The fraction of sp³-hybridized carbons (Fsp3) is 0.273. The lowest BCUT2D eigenvalue weighted by atomic mass is 10.0. The molecule has 0 saturated heterocycles. The van der Waals surface area contributed by atoms with E-state index in [1.54, 1.807) is 38.1 Å². The topological polar surface area (TPSA) is 60.2 Å². The molecule has 0 unspecified atom stereocenters. The van der Waals surface area contributed by atoms with E-state index in [0.717, 1.165) is 5.56 Å². The number of rotatable bonds is 1. The van der Waals surface area contributed by atoms with Crippen LogP contribution in [0.3, 0.4) is 0 Å². The number of fused-ring (bicyclic) bond motifs is 1. The van der Waals surface area contributed by atoms with Crippen LogP contribution in [0.4, 0.5) is 0 Å². The Hall–Kier alpha value is -1.13. The molecule has 2 rings (SSSR count). The van der Waals surface area contributed by atoms with Crippen molar-refractivity contribution in [3.63, 3.8) is 0 Å². The quantitative estimate of drug-likeness (QED) is 0.785. The highest BCUT2D eigenvalue weighted by molar-refractivity contribution is 7.96. The highest BCUT2D eigenvalue weighted by Crippen LogP contribution is 2.36. The van der Waals surface area contributed by atoms with Crippen molar-refractivity contribution in [1.29, 1.82) is 0 Å². The molecule has 0 aliphatic carbocycles. The Kier molecular flexibility index (Phi) is 2.03. The molecule has 0 fully saturated rings. The largest absolute Gasteiger partial charge is 0.321 e. The molecule has 0 bridgehead atoms. The van der Waals surface area contributed by atoms with Crippen molar-refractivity contribution in [2.45, 2.75) is 24.3 Å². The molecule has 1 aliphatic rings. The first-order valence-electron chi connectivity index (χ1n) is 4.68. The van der Waals surface area contributed by atoms with Gasteiger partial charge in [0.2, 0.25) is 9.84 Å². The van der Waals surface area contributed by atoms with Crippen LogP contribution in [0, 0.1) is 0 Å². The molecule has 80 valence electrons. The fourth-order valence-corrected chi connectivity index (χ4v) is 3.62. The third kappa shape index (κ3) is 1.50. The van der Waals surface area contributed by atoms with Gasteiger partial charge in [-0.1, -0.05) is 18.2 Å². The molecule has 0 atom stereocenters. The van der Waals surface area contributed by atoms with Crippen molar-refractivity contribution in [1.82, 2.24) is 0 Å². The zero-order valence-corrected chi connectivity index (χ0v) is 9.51. The summed E-state index contributed by atoms with van der Waals surface area (Å²) in [4.78, 5) is 0.648. The minimum atomic E-state index is -3.37. The normalized spacial score (nSPS) is 18.5. The summed E-state index contributed by atoms with van der Waals surface area (Å²) < 4.78 is 24.2. The Morgan fingerprint density at radius 2 is 1.80 bits per heavy atom. The van der Waals surface area contributed by atoms with Gasteiger partial charge >= 0.3 is 0 Å². The van der Waals surface area contributed by atoms with E-state index in [0.29, 0.717) is 4.90 Å². The predicted molar refractivity (Wildman–Crippen MR) is 59.9 cm³/mol. The van der Waals surface area contributed by atoms with Gasteiger partial charge in [-0.2, -0.15) is 0 Å². The van der Waals surface area contributed by atoms with Gasteiger partial charge in [-0.05, 0) is 31.6 Å². The smallest absolute Gasteiger partial charge is 0.205 e. The second-order valence-electron chi connectivity index (χ2n) is 4.27. The minimum absolute atomic E-state index is 0.288. The van der Waals surface area contributed by atoms with Gasteiger partial charge in [0.1, 0.15) is 0 Å². The van der Waals surface area contributed by atoms with Gasteiger partial charge in [0.25, 0.3) is 0 Å². The molecular formula is C11H13NO2S. The minimum Gasteiger partial charge on any atom is -0.321 e. The second kappa shape index (κ2) is 2.93. The van der Waals surface area contributed by atoms with Crippen LogP contribution in [-0.4, -0.2) is 14.0 Å². The molecule has 2 N–H and O–H groups in total. The van der Waals surface area contributed by atoms with Crippen molar-refractivity contribution >= 4 is 15.9 Å². The maximum Gasteiger partial charge on any atom is 0.205 e. The highest BCUT2D eigenvalue weighted by Gasteiger charge is 2.36. The van der Waals surface area contributed by atoms with E-state index in [-0.39, 0.29) is 4.91 Å². The molecule has 0 spiro atoms. The summed E-state index contributed by atoms with van der Waals surface area (Å²) in [6.45, 7) is 3.39. The van der Waals surface area contributed by atoms with Crippen molar-refractivity contribution in [3.05, 3.63) is 34.7 Å². The molecule has 0 saturated carbocycles. The Labute approximate surface area is 89.5 Å². The first-order valence-corrected chi connectivity index (χ1v) is 6.17. The van der Waals surface area contributed by atoms with Crippen LogP contribution in [0.2, 0.25) is 0 Å². The van der Waals surface area contributed by atoms with E-state index in [2.05, 4.69) is 0 Å². The first kappa shape index (κ1) is 10.4. The molecule has 1 aromatic rings.